The molecule has 4 aliphatic carbocycles. The van der Waals surface area contributed by atoms with E-state index in [-0.39, 0.29) is 36.1 Å². The van der Waals surface area contributed by atoms with Crippen molar-refractivity contribution in [2.45, 2.75) is 53.9 Å². The zero-order valence-corrected chi connectivity index (χ0v) is 21.4. The van der Waals surface area contributed by atoms with Gasteiger partial charge >= 0.3 is 0 Å². The smallest absolute Gasteiger partial charge is 0.263 e. The first-order chi connectivity index (χ1) is 15.4. The minimum Gasteiger partial charge on any atom is -0.280 e. The van der Waals surface area contributed by atoms with Gasteiger partial charge in [-0.05, 0) is 92.7 Å². The minimum absolute atomic E-state index is 0.0543. The Hall–Kier alpha value is -1.03. The molecule has 11 heteroatoms. The molecule has 2 aromatic rings. The monoisotopic (exact) mass is 548 g/mol. The van der Waals surface area contributed by atoms with Crippen LogP contribution in [0, 0.1) is 17.8 Å². The lowest BCUT2D eigenvalue weighted by Crippen LogP contribution is -2.59. The highest BCUT2D eigenvalue weighted by Crippen LogP contribution is 2.56. The van der Waals surface area contributed by atoms with Gasteiger partial charge in [-0.25, -0.2) is 21.6 Å². The first-order valence-corrected chi connectivity index (χ1v) is 14.9. The normalized spacial score (nSPS) is 28.8. The second-order valence-corrected chi connectivity index (χ2v) is 14.2. The Morgan fingerprint density at radius 3 is 1.79 bits per heavy atom. The van der Waals surface area contributed by atoms with Crippen LogP contribution >= 0.6 is 34.8 Å². The topological polar surface area (TPSA) is 92.3 Å². The van der Waals surface area contributed by atoms with Crippen molar-refractivity contribution in [3.8, 4) is 0 Å². The number of nitrogens with one attached hydrogen (secondary N) is 2. The van der Waals surface area contributed by atoms with Gasteiger partial charge in [0.05, 0.1) is 20.0 Å². The van der Waals surface area contributed by atoms with E-state index in [0.29, 0.717) is 17.8 Å². The first-order valence-electron chi connectivity index (χ1n) is 10.8. The predicted octanol–water partition coefficient (Wildman–Crippen LogP) is 5.69. The van der Waals surface area contributed by atoms with Crippen molar-refractivity contribution in [3.05, 3.63) is 51.5 Å². The Balaban J connectivity index is 1.34. The maximum Gasteiger partial charge on any atom is 0.263 e. The van der Waals surface area contributed by atoms with Crippen LogP contribution in [-0.2, 0) is 20.0 Å². The number of halogens is 3. The van der Waals surface area contributed by atoms with E-state index >= 15 is 0 Å². The van der Waals surface area contributed by atoms with E-state index in [4.69, 9.17) is 34.8 Å². The lowest BCUT2D eigenvalue weighted by molar-refractivity contribution is -0.00810. The van der Waals surface area contributed by atoms with Crippen molar-refractivity contribution < 1.29 is 16.8 Å². The van der Waals surface area contributed by atoms with E-state index in [1.165, 1.54) is 55.7 Å². The van der Waals surface area contributed by atoms with Gasteiger partial charge in [0.15, 0.2) is 0 Å². The molecule has 6 rings (SSSR count). The lowest BCUT2D eigenvalue weighted by Gasteiger charge is -2.56. The molecule has 178 valence electrons. The van der Waals surface area contributed by atoms with Gasteiger partial charge in [0.2, 0.25) is 10.0 Å². The fourth-order valence-corrected chi connectivity index (χ4v) is 9.70. The molecule has 2 N–H and O–H groups in total. The molecule has 0 aliphatic heterocycles. The summed E-state index contributed by atoms with van der Waals surface area (Å²) in [4.78, 5) is -0.118. The standard InChI is InChI=1S/C22H23Cl3N2O4S2/c23-18-8-20(25)21(9-19(18)24)33(30,31)26-16-1-3-17(4-2-16)32(28,29)27-22-10-13-5-14(11-22)7-15(6-13)12-22/h1-4,8-9,13-15,26-27H,5-7,10-12H2. The van der Waals surface area contributed by atoms with Gasteiger partial charge in [0.25, 0.3) is 10.0 Å². The molecule has 0 heterocycles. The fraction of sp³-hybridized carbons (Fsp3) is 0.455. The Labute approximate surface area is 209 Å². The highest BCUT2D eigenvalue weighted by Gasteiger charge is 2.52. The summed E-state index contributed by atoms with van der Waals surface area (Å²) in [5.74, 6) is 1.84. The molecule has 4 bridgehead atoms. The molecule has 4 fully saturated rings. The van der Waals surface area contributed by atoms with Crippen molar-refractivity contribution in [1.82, 2.24) is 4.72 Å². The third-order valence-electron chi connectivity index (χ3n) is 7.07. The molecule has 0 saturated heterocycles. The van der Waals surface area contributed by atoms with Crippen LogP contribution in [0.25, 0.3) is 0 Å². The number of sulfonamides is 2. The first kappa shape index (κ1) is 23.7. The predicted molar refractivity (Wildman–Crippen MR) is 130 cm³/mol. The molecule has 0 radical (unpaired) electrons. The summed E-state index contributed by atoms with van der Waals surface area (Å²) in [6, 6.07) is 8.05. The molecular formula is C22H23Cl3N2O4S2. The Morgan fingerprint density at radius 1 is 0.727 bits per heavy atom. The van der Waals surface area contributed by atoms with Crippen molar-refractivity contribution >= 4 is 60.5 Å². The zero-order valence-electron chi connectivity index (χ0n) is 17.5. The Bertz CT molecular complexity index is 1280. The molecule has 0 aromatic heterocycles. The lowest BCUT2D eigenvalue weighted by atomic mass is 9.53. The van der Waals surface area contributed by atoms with Gasteiger partial charge in [-0.15, -0.1) is 0 Å². The quantitative estimate of drug-likeness (QED) is 0.453. The summed E-state index contributed by atoms with van der Waals surface area (Å²) in [6.45, 7) is 0. The van der Waals surface area contributed by atoms with E-state index in [9.17, 15) is 16.8 Å². The summed E-state index contributed by atoms with van der Waals surface area (Å²) >= 11 is 17.8. The average molecular weight is 550 g/mol. The van der Waals surface area contributed by atoms with E-state index < -0.39 is 20.0 Å². The van der Waals surface area contributed by atoms with Gasteiger partial charge in [-0.1, -0.05) is 34.8 Å². The summed E-state index contributed by atoms with van der Waals surface area (Å²) in [7, 11) is -7.79. The third-order valence-corrected chi connectivity index (χ3v) is 11.2. The third kappa shape index (κ3) is 4.62. The molecular weight excluding hydrogens is 527 g/mol. The van der Waals surface area contributed by atoms with Crippen molar-refractivity contribution in [2.75, 3.05) is 4.72 Å². The fourth-order valence-electron chi connectivity index (χ4n) is 6.20. The van der Waals surface area contributed by atoms with Crippen LogP contribution < -0.4 is 9.44 Å². The minimum atomic E-state index is -4.06. The summed E-state index contributed by atoms with van der Waals surface area (Å²) in [5.41, 5.74) is -0.149. The number of hydrogen-bond donors (Lipinski definition) is 2. The van der Waals surface area contributed by atoms with Crippen molar-refractivity contribution in [1.29, 1.82) is 0 Å². The van der Waals surface area contributed by atoms with E-state index in [2.05, 4.69) is 9.44 Å². The number of anilines is 1. The van der Waals surface area contributed by atoms with Gasteiger partial charge in [-0.3, -0.25) is 4.72 Å². The van der Waals surface area contributed by atoms with Crippen LogP contribution in [0.5, 0.6) is 0 Å². The molecule has 0 spiro atoms. The zero-order chi connectivity index (χ0) is 23.6. The summed E-state index contributed by atoms with van der Waals surface area (Å²) < 4.78 is 57.2. The van der Waals surface area contributed by atoms with Gasteiger partial charge in [0.1, 0.15) is 4.90 Å². The molecule has 0 amide bonds. The summed E-state index contributed by atoms with van der Waals surface area (Å²) in [5, 5.41) is 0.121. The molecule has 2 aromatic carbocycles. The largest absolute Gasteiger partial charge is 0.280 e. The van der Waals surface area contributed by atoms with Crippen LogP contribution in [0.15, 0.2) is 46.2 Å². The Morgan fingerprint density at radius 2 is 1.24 bits per heavy atom. The number of hydrogen-bond acceptors (Lipinski definition) is 4. The average Bonchev–Trinajstić information content (AvgIpc) is 2.69. The van der Waals surface area contributed by atoms with Gasteiger partial charge in [0, 0.05) is 11.2 Å². The van der Waals surface area contributed by atoms with Crippen LogP contribution in [-0.4, -0.2) is 22.4 Å². The SMILES string of the molecule is O=S(=O)(NC12CC3CC(CC(C3)C1)C2)c1ccc(NS(=O)(=O)c2cc(Cl)c(Cl)cc2Cl)cc1. The number of rotatable bonds is 6. The van der Waals surface area contributed by atoms with Crippen molar-refractivity contribution in [2.24, 2.45) is 17.8 Å². The number of benzene rings is 2. The van der Waals surface area contributed by atoms with Crippen LogP contribution in [0.2, 0.25) is 15.1 Å². The van der Waals surface area contributed by atoms with E-state index in [0.717, 1.165) is 19.3 Å². The molecule has 4 aliphatic rings. The van der Waals surface area contributed by atoms with Gasteiger partial charge in [-0.2, -0.15) is 0 Å². The molecule has 33 heavy (non-hydrogen) atoms. The molecule has 0 atom stereocenters. The van der Waals surface area contributed by atoms with Crippen LogP contribution in [0.4, 0.5) is 5.69 Å². The Kier molecular flexibility index (Phi) is 5.94. The van der Waals surface area contributed by atoms with Crippen LogP contribution in [0.1, 0.15) is 38.5 Å². The maximum atomic E-state index is 13.2. The van der Waals surface area contributed by atoms with E-state index in [1.807, 2.05) is 0 Å². The molecule has 0 unspecified atom stereocenters. The van der Waals surface area contributed by atoms with Gasteiger partial charge < -0.3 is 0 Å². The second-order valence-electron chi connectivity index (χ2n) is 9.63. The highest BCUT2D eigenvalue weighted by molar-refractivity contribution is 7.92. The van der Waals surface area contributed by atoms with E-state index in [1.54, 1.807) is 0 Å². The van der Waals surface area contributed by atoms with Crippen molar-refractivity contribution in [3.63, 3.8) is 0 Å². The second kappa shape index (κ2) is 8.28. The highest BCUT2D eigenvalue weighted by atomic mass is 35.5. The molecule has 6 nitrogen and oxygen atoms in total. The maximum absolute atomic E-state index is 13.2. The summed E-state index contributed by atoms with van der Waals surface area (Å²) in [6.07, 6.45) is 6.37. The molecule has 4 saturated carbocycles. The van der Waals surface area contributed by atoms with Crippen LogP contribution in [0.3, 0.4) is 0 Å².